The SMILES string of the molecule is COc1cc(OC)cc(N(CCNC(=O)C(C)(O)C(C)(F)F)c2ccc3ncc(-c4cnn(C)c4)nc3c2)c1. The van der Waals surface area contributed by atoms with Crippen molar-refractivity contribution >= 4 is 28.3 Å². The van der Waals surface area contributed by atoms with Gasteiger partial charge < -0.3 is 24.8 Å². The maximum absolute atomic E-state index is 13.8. The van der Waals surface area contributed by atoms with Gasteiger partial charge in [0.25, 0.3) is 11.8 Å². The predicted molar refractivity (Wildman–Crippen MR) is 143 cm³/mol. The summed E-state index contributed by atoms with van der Waals surface area (Å²) in [7, 11) is 4.87. The topological polar surface area (TPSA) is 115 Å². The minimum absolute atomic E-state index is 0.0516. The second kappa shape index (κ2) is 10.8. The van der Waals surface area contributed by atoms with E-state index in [9.17, 15) is 18.7 Å². The normalized spacial score (nSPS) is 13.1. The number of benzene rings is 2. The number of aryl methyl sites for hydroxylation is 1. The van der Waals surface area contributed by atoms with Gasteiger partial charge in [0.15, 0.2) is 0 Å². The number of fused-ring (bicyclic) bond motifs is 1. The summed E-state index contributed by atoms with van der Waals surface area (Å²) in [5, 5.41) is 16.7. The van der Waals surface area contributed by atoms with Crippen LogP contribution >= 0.6 is 0 Å². The number of nitrogens with zero attached hydrogens (tertiary/aromatic N) is 5. The summed E-state index contributed by atoms with van der Waals surface area (Å²) >= 11 is 0. The molecule has 0 spiro atoms. The van der Waals surface area contributed by atoms with Crippen LogP contribution in [0.3, 0.4) is 0 Å². The Hall–Kier alpha value is -4.32. The second-order valence-corrected chi connectivity index (χ2v) is 9.27. The van der Waals surface area contributed by atoms with Gasteiger partial charge in [-0.1, -0.05) is 0 Å². The number of hydrogen-bond acceptors (Lipinski definition) is 8. The van der Waals surface area contributed by atoms with Crippen molar-refractivity contribution in [2.24, 2.45) is 7.05 Å². The highest BCUT2D eigenvalue weighted by Gasteiger charge is 2.50. The second-order valence-electron chi connectivity index (χ2n) is 9.27. The van der Waals surface area contributed by atoms with Crippen molar-refractivity contribution in [2.75, 3.05) is 32.2 Å². The summed E-state index contributed by atoms with van der Waals surface area (Å²) < 4.78 is 40.1. The summed E-state index contributed by atoms with van der Waals surface area (Å²) in [6.07, 6.45) is 5.21. The molecule has 10 nitrogen and oxygen atoms in total. The van der Waals surface area contributed by atoms with Gasteiger partial charge in [0, 0.05) is 68.4 Å². The predicted octanol–water partition coefficient (Wildman–Crippen LogP) is 3.71. The van der Waals surface area contributed by atoms with Crippen LogP contribution in [0.4, 0.5) is 20.2 Å². The van der Waals surface area contributed by atoms with Crippen molar-refractivity contribution in [1.82, 2.24) is 25.1 Å². The molecule has 0 fully saturated rings. The number of ether oxygens (including phenoxy) is 2. The van der Waals surface area contributed by atoms with Gasteiger partial charge in [-0.15, -0.1) is 0 Å². The molecule has 1 atom stereocenters. The van der Waals surface area contributed by atoms with Crippen LogP contribution in [0, 0.1) is 0 Å². The quantitative estimate of drug-likeness (QED) is 0.313. The number of aliphatic hydroxyl groups is 1. The monoisotopic (exact) mass is 540 g/mol. The molecule has 0 saturated carbocycles. The Kier molecular flexibility index (Phi) is 7.68. The smallest absolute Gasteiger partial charge is 0.282 e. The highest BCUT2D eigenvalue weighted by Crippen LogP contribution is 2.34. The first-order valence-electron chi connectivity index (χ1n) is 12.1. The van der Waals surface area contributed by atoms with E-state index in [0.717, 1.165) is 12.5 Å². The molecule has 0 aliphatic rings. The molecule has 2 aromatic carbocycles. The van der Waals surface area contributed by atoms with Crippen molar-refractivity contribution < 1.29 is 28.2 Å². The molecule has 4 rings (SSSR count). The van der Waals surface area contributed by atoms with Crippen molar-refractivity contribution in [3.8, 4) is 22.8 Å². The van der Waals surface area contributed by atoms with Crippen molar-refractivity contribution in [3.63, 3.8) is 0 Å². The number of alkyl halides is 2. The maximum Gasteiger partial charge on any atom is 0.282 e. The van der Waals surface area contributed by atoms with Gasteiger partial charge in [0.05, 0.1) is 43.3 Å². The molecule has 0 bridgehead atoms. The number of rotatable bonds is 10. The van der Waals surface area contributed by atoms with E-state index in [1.807, 2.05) is 36.3 Å². The maximum atomic E-state index is 13.8. The molecule has 4 aromatic rings. The zero-order valence-corrected chi connectivity index (χ0v) is 22.3. The molecule has 1 unspecified atom stereocenters. The molecule has 1 amide bonds. The van der Waals surface area contributed by atoms with Crippen LogP contribution in [0.2, 0.25) is 0 Å². The van der Waals surface area contributed by atoms with Gasteiger partial charge in [-0.25, -0.2) is 13.8 Å². The van der Waals surface area contributed by atoms with Crippen molar-refractivity contribution in [3.05, 3.63) is 55.0 Å². The third-order valence-electron chi connectivity index (χ3n) is 6.40. The number of hydrogen-bond donors (Lipinski definition) is 2. The third kappa shape index (κ3) is 5.90. The number of carbonyl (C=O) groups excluding carboxylic acids is 1. The fourth-order valence-electron chi connectivity index (χ4n) is 3.87. The van der Waals surface area contributed by atoms with Gasteiger partial charge in [-0.3, -0.25) is 14.5 Å². The Morgan fingerprint density at radius 1 is 1.05 bits per heavy atom. The summed E-state index contributed by atoms with van der Waals surface area (Å²) in [6.45, 7) is 1.39. The standard InChI is InChI=1S/C27H30F2N6O4/c1-26(37,27(2,28)29)25(36)30-8-9-35(19-10-20(38-4)13-21(11-19)39-5)18-6-7-22-23(12-18)33-24(15-31-22)17-14-32-34(3)16-17/h6-7,10-16,37H,8-9H2,1-5H3,(H,30,36). The molecule has 0 radical (unpaired) electrons. The molecule has 2 N–H and O–H groups in total. The number of carbonyl (C=O) groups is 1. The van der Waals surface area contributed by atoms with Crippen molar-refractivity contribution in [2.45, 2.75) is 25.4 Å². The third-order valence-corrected chi connectivity index (χ3v) is 6.40. The van der Waals surface area contributed by atoms with Crippen LogP contribution in [-0.4, -0.2) is 69.6 Å². The molecule has 39 heavy (non-hydrogen) atoms. The molecule has 206 valence electrons. The van der Waals surface area contributed by atoms with Crippen LogP contribution in [0.5, 0.6) is 11.5 Å². The van der Waals surface area contributed by atoms with E-state index in [-0.39, 0.29) is 13.1 Å². The minimum Gasteiger partial charge on any atom is -0.497 e. The van der Waals surface area contributed by atoms with Gasteiger partial charge in [0.2, 0.25) is 5.60 Å². The van der Waals surface area contributed by atoms with Gasteiger partial charge >= 0.3 is 0 Å². The summed E-state index contributed by atoms with van der Waals surface area (Å²) in [4.78, 5) is 23.5. The number of amides is 1. The Morgan fingerprint density at radius 2 is 1.74 bits per heavy atom. The molecule has 0 saturated heterocycles. The largest absolute Gasteiger partial charge is 0.497 e. The average Bonchev–Trinajstić information content (AvgIpc) is 3.35. The summed E-state index contributed by atoms with van der Waals surface area (Å²) in [6, 6.07) is 10.8. The Morgan fingerprint density at radius 3 is 2.33 bits per heavy atom. The lowest BCUT2D eigenvalue weighted by atomic mass is 9.98. The van der Waals surface area contributed by atoms with E-state index < -0.39 is 17.4 Å². The van der Waals surface area contributed by atoms with Crippen LogP contribution < -0.4 is 19.7 Å². The number of halogens is 2. The van der Waals surface area contributed by atoms with Crippen LogP contribution in [0.25, 0.3) is 22.3 Å². The van der Waals surface area contributed by atoms with E-state index in [1.54, 1.807) is 35.3 Å². The fraction of sp³-hybridized carbons (Fsp3) is 0.333. The molecule has 0 aliphatic carbocycles. The lowest BCUT2D eigenvalue weighted by molar-refractivity contribution is -0.179. The molecule has 2 heterocycles. The van der Waals surface area contributed by atoms with E-state index in [4.69, 9.17) is 14.5 Å². The highest BCUT2D eigenvalue weighted by molar-refractivity contribution is 5.86. The number of nitrogens with one attached hydrogen (secondary N) is 1. The summed E-state index contributed by atoms with van der Waals surface area (Å²) in [5.74, 6) is -3.73. The number of aromatic nitrogens is 4. The Labute approximate surface area is 224 Å². The molecule has 2 aromatic heterocycles. The number of anilines is 2. The van der Waals surface area contributed by atoms with Crippen LogP contribution in [0.1, 0.15) is 13.8 Å². The van der Waals surface area contributed by atoms with E-state index >= 15 is 0 Å². The Bertz CT molecular complexity index is 1460. The van der Waals surface area contributed by atoms with Gasteiger partial charge in [-0.05, 0) is 25.1 Å². The molecular formula is C27H30F2N6O4. The fourth-order valence-corrected chi connectivity index (χ4v) is 3.87. The molecule has 12 heteroatoms. The lowest BCUT2D eigenvalue weighted by Gasteiger charge is -2.30. The average molecular weight is 541 g/mol. The first-order chi connectivity index (χ1) is 18.4. The van der Waals surface area contributed by atoms with Gasteiger partial charge in [-0.2, -0.15) is 5.10 Å². The van der Waals surface area contributed by atoms with E-state index in [0.29, 0.717) is 46.5 Å². The lowest BCUT2D eigenvalue weighted by Crippen LogP contribution is -2.56. The van der Waals surface area contributed by atoms with Crippen molar-refractivity contribution in [1.29, 1.82) is 0 Å². The van der Waals surface area contributed by atoms with Crippen LogP contribution in [-0.2, 0) is 11.8 Å². The van der Waals surface area contributed by atoms with E-state index in [1.165, 1.54) is 14.2 Å². The first-order valence-corrected chi connectivity index (χ1v) is 12.1. The zero-order valence-electron chi connectivity index (χ0n) is 22.3. The zero-order chi connectivity index (χ0) is 28.4. The number of methoxy groups -OCH3 is 2. The first kappa shape index (κ1) is 27.7. The highest BCUT2D eigenvalue weighted by atomic mass is 19.3. The molecule has 0 aliphatic heterocycles. The minimum atomic E-state index is -3.63. The van der Waals surface area contributed by atoms with Crippen LogP contribution in [0.15, 0.2) is 55.0 Å². The Balaban J connectivity index is 1.70. The summed E-state index contributed by atoms with van der Waals surface area (Å²) in [5.41, 5.74) is 1.24. The molecular weight excluding hydrogens is 510 g/mol. The van der Waals surface area contributed by atoms with Gasteiger partial charge in [0.1, 0.15) is 11.5 Å². The van der Waals surface area contributed by atoms with E-state index in [2.05, 4.69) is 15.4 Å².